The summed E-state index contributed by atoms with van der Waals surface area (Å²) < 4.78 is 11.5. The maximum absolute atomic E-state index is 11.7. The van der Waals surface area contributed by atoms with Gasteiger partial charge in [-0.25, -0.2) is 4.79 Å². The molecule has 0 N–H and O–H groups in total. The van der Waals surface area contributed by atoms with Gasteiger partial charge < -0.3 is 9.47 Å². The Kier molecular flexibility index (Phi) is 4.79. The zero-order valence-corrected chi connectivity index (χ0v) is 12.9. The lowest BCUT2D eigenvalue weighted by Gasteiger charge is -2.12. The highest BCUT2D eigenvalue weighted by atomic mass is 79.9. The molecule has 0 aromatic heterocycles. The predicted molar refractivity (Wildman–Crippen MR) is 81.0 cm³/mol. The molecule has 2 aromatic rings. The van der Waals surface area contributed by atoms with E-state index in [1.54, 1.807) is 12.1 Å². The van der Waals surface area contributed by atoms with Gasteiger partial charge in [-0.3, -0.25) is 0 Å². The van der Waals surface area contributed by atoms with Crippen LogP contribution in [0.3, 0.4) is 0 Å². The molecule has 0 heterocycles. The van der Waals surface area contributed by atoms with Crippen molar-refractivity contribution in [1.82, 2.24) is 0 Å². The third kappa shape index (κ3) is 3.39. The first-order valence-corrected chi connectivity index (χ1v) is 6.96. The summed E-state index contributed by atoms with van der Waals surface area (Å²) in [6.45, 7) is 2.30. The van der Waals surface area contributed by atoms with Gasteiger partial charge in [0.2, 0.25) is 0 Å². The molecule has 2 aromatic carbocycles. The van der Waals surface area contributed by atoms with E-state index in [2.05, 4.69) is 15.9 Å². The first kappa shape index (κ1) is 14.6. The van der Waals surface area contributed by atoms with E-state index in [9.17, 15) is 4.79 Å². The van der Waals surface area contributed by atoms with Crippen LogP contribution in [0.1, 0.15) is 21.5 Å². The van der Waals surface area contributed by atoms with Crippen molar-refractivity contribution in [2.24, 2.45) is 0 Å². The second kappa shape index (κ2) is 6.57. The SMILES string of the molecule is COC(=O)c1ccccc1COc1cc(Br)ccc1C. The highest BCUT2D eigenvalue weighted by Gasteiger charge is 2.11. The molecule has 20 heavy (non-hydrogen) atoms. The Morgan fingerprint density at radius 3 is 2.70 bits per heavy atom. The minimum absolute atomic E-state index is 0.322. The maximum atomic E-state index is 11.7. The van der Waals surface area contributed by atoms with E-state index in [1.165, 1.54) is 7.11 Å². The van der Waals surface area contributed by atoms with Crippen LogP contribution in [0.2, 0.25) is 0 Å². The molecule has 0 amide bonds. The lowest BCUT2D eigenvalue weighted by Crippen LogP contribution is -2.08. The van der Waals surface area contributed by atoms with Crippen LogP contribution < -0.4 is 4.74 Å². The summed E-state index contributed by atoms with van der Waals surface area (Å²) in [5, 5.41) is 0. The second-order valence-electron chi connectivity index (χ2n) is 4.35. The van der Waals surface area contributed by atoms with Crippen molar-refractivity contribution in [3.63, 3.8) is 0 Å². The topological polar surface area (TPSA) is 35.5 Å². The Hall–Kier alpha value is -1.81. The molecule has 0 aliphatic carbocycles. The van der Waals surface area contributed by atoms with Crippen LogP contribution in [-0.2, 0) is 11.3 Å². The molecule has 0 aliphatic heterocycles. The number of methoxy groups -OCH3 is 1. The number of carbonyl (C=O) groups excluding carboxylic acids is 1. The van der Waals surface area contributed by atoms with Crippen molar-refractivity contribution in [3.05, 3.63) is 63.6 Å². The first-order valence-electron chi connectivity index (χ1n) is 6.17. The van der Waals surface area contributed by atoms with Crippen LogP contribution in [-0.4, -0.2) is 13.1 Å². The Morgan fingerprint density at radius 2 is 1.95 bits per heavy atom. The Balaban J connectivity index is 2.19. The lowest BCUT2D eigenvalue weighted by atomic mass is 10.1. The van der Waals surface area contributed by atoms with E-state index in [0.29, 0.717) is 12.2 Å². The Morgan fingerprint density at radius 1 is 1.20 bits per heavy atom. The molecule has 0 saturated carbocycles. The average molecular weight is 335 g/mol. The predicted octanol–water partition coefficient (Wildman–Crippen LogP) is 4.12. The molecule has 0 unspecified atom stereocenters. The van der Waals surface area contributed by atoms with Crippen LogP contribution in [0, 0.1) is 6.92 Å². The molecule has 0 aliphatic rings. The molecular formula is C16H15BrO3. The smallest absolute Gasteiger partial charge is 0.338 e. The van der Waals surface area contributed by atoms with Crippen LogP contribution >= 0.6 is 15.9 Å². The largest absolute Gasteiger partial charge is 0.489 e. The van der Waals surface area contributed by atoms with Gasteiger partial charge in [-0.2, -0.15) is 0 Å². The first-order chi connectivity index (χ1) is 9.61. The van der Waals surface area contributed by atoms with Crippen molar-refractivity contribution in [3.8, 4) is 5.75 Å². The van der Waals surface area contributed by atoms with Crippen molar-refractivity contribution in [1.29, 1.82) is 0 Å². The molecule has 0 radical (unpaired) electrons. The maximum Gasteiger partial charge on any atom is 0.338 e. The van der Waals surface area contributed by atoms with Crippen LogP contribution in [0.25, 0.3) is 0 Å². The second-order valence-corrected chi connectivity index (χ2v) is 5.26. The van der Waals surface area contributed by atoms with Gasteiger partial charge in [-0.1, -0.05) is 40.2 Å². The number of benzene rings is 2. The summed E-state index contributed by atoms with van der Waals surface area (Å²) in [5.74, 6) is 0.439. The van der Waals surface area contributed by atoms with Crippen molar-refractivity contribution >= 4 is 21.9 Å². The minimum Gasteiger partial charge on any atom is -0.489 e. The van der Waals surface area contributed by atoms with Gasteiger partial charge in [0, 0.05) is 10.0 Å². The molecule has 0 fully saturated rings. The number of carbonyl (C=O) groups is 1. The van der Waals surface area contributed by atoms with Gasteiger partial charge in [-0.05, 0) is 30.7 Å². The van der Waals surface area contributed by atoms with Crippen LogP contribution in [0.4, 0.5) is 0 Å². The summed E-state index contributed by atoms with van der Waals surface area (Å²) in [6, 6.07) is 13.1. The molecule has 0 saturated heterocycles. The number of hydrogen-bond donors (Lipinski definition) is 0. The minimum atomic E-state index is -0.352. The normalized spacial score (nSPS) is 10.2. The van der Waals surface area contributed by atoms with Gasteiger partial charge in [-0.15, -0.1) is 0 Å². The summed E-state index contributed by atoms with van der Waals surface area (Å²) in [5.41, 5.74) is 2.38. The van der Waals surface area contributed by atoms with Gasteiger partial charge in [0.15, 0.2) is 0 Å². The Labute approximate surface area is 126 Å². The van der Waals surface area contributed by atoms with Gasteiger partial charge in [0.25, 0.3) is 0 Å². The summed E-state index contributed by atoms with van der Waals surface area (Å²) in [7, 11) is 1.37. The molecule has 3 nitrogen and oxygen atoms in total. The van der Waals surface area contributed by atoms with Crippen molar-refractivity contribution in [2.75, 3.05) is 7.11 Å². The Bertz CT molecular complexity index is 623. The van der Waals surface area contributed by atoms with E-state index >= 15 is 0 Å². The summed E-state index contributed by atoms with van der Waals surface area (Å²) >= 11 is 3.42. The average Bonchev–Trinajstić information content (AvgIpc) is 2.47. The number of esters is 1. The third-order valence-corrected chi connectivity index (χ3v) is 3.45. The monoisotopic (exact) mass is 334 g/mol. The van der Waals surface area contributed by atoms with Crippen molar-refractivity contribution < 1.29 is 14.3 Å². The molecule has 2 rings (SSSR count). The van der Waals surface area contributed by atoms with Crippen LogP contribution in [0.15, 0.2) is 46.9 Å². The molecule has 104 valence electrons. The van der Waals surface area contributed by atoms with E-state index in [0.717, 1.165) is 21.3 Å². The molecular weight excluding hydrogens is 320 g/mol. The van der Waals surface area contributed by atoms with E-state index in [-0.39, 0.29) is 5.97 Å². The third-order valence-electron chi connectivity index (χ3n) is 2.96. The van der Waals surface area contributed by atoms with Gasteiger partial charge >= 0.3 is 5.97 Å². The fourth-order valence-electron chi connectivity index (χ4n) is 1.84. The van der Waals surface area contributed by atoms with Gasteiger partial charge in [0.05, 0.1) is 12.7 Å². The number of hydrogen-bond acceptors (Lipinski definition) is 3. The molecule has 0 spiro atoms. The zero-order valence-electron chi connectivity index (χ0n) is 11.4. The van der Waals surface area contributed by atoms with Crippen molar-refractivity contribution in [2.45, 2.75) is 13.5 Å². The zero-order chi connectivity index (χ0) is 14.5. The number of rotatable bonds is 4. The quantitative estimate of drug-likeness (QED) is 0.789. The van der Waals surface area contributed by atoms with E-state index < -0.39 is 0 Å². The fourth-order valence-corrected chi connectivity index (χ4v) is 2.18. The number of halogens is 1. The van der Waals surface area contributed by atoms with E-state index in [4.69, 9.17) is 9.47 Å². The molecule has 0 atom stereocenters. The fraction of sp³-hybridized carbons (Fsp3) is 0.188. The number of aryl methyl sites for hydroxylation is 1. The standard InChI is InChI=1S/C16H15BrO3/c1-11-7-8-13(17)9-15(11)20-10-12-5-3-4-6-14(12)16(18)19-2/h3-9H,10H2,1-2H3. The van der Waals surface area contributed by atoms with Crippen LogP contribution in [0.5, 0.6) is 5.75 Å². The molecule has 0 bridgehead atoms. The highest BCUT2D eigenvalue weighted by molar-refractivity contribution is 9.10. The van der Waals surface area contributed by atoms with Gasteiger partial charge in [0.1, 0.15) is 12.4 Å². The molecule has 4 heteroatoms. The van der Waals surface area contributed by atoms with E-state index in [1.807, 2.05) is 37.3 Å². The summed E-state index contributed by atoms with van der Waals surface area (Å²) in [6.07, 6.45) is 0. The highest BCUT2D eigenvalue weighted by Crippen LogP contribution is 2.24. The summed E-state index contributed by atoms with van der Waals surface area (Å²) in [4.78, 5) is 11.7. The lowest BCUT2D eigenvalue weighted by molar-refractivity contribution is 0.0597. The number of ether oxygens (including phenoxy) is 2.